The van der Waals surface area contributed by atoms with Crippen molar-refractivity contribution in [3.63, 3.8) is 0 Å². The van der Waals surface area contributed by atoms with Crippen molar-refractivity contribution < 1.29 is 14.6 Å². The Morgan fingerprint density at radius 2 is 2.41 bits per heavy atom. The van der Waals surface area contributed by atoms with Gasteiger partial charge in [0, 0.05) is 12.7 Å². The lowest BCUT2D eigenvalue weighted by molar-refractivity contribution is 0.0697. The van der Waals surface area contributed by atoms with Gasteiger partial charge in [-0.2, -0.15) is 0 Å². The Morgan fingerprint density at radius 3 is 3.12 bits per heavy atom. The molecule has 0 fully saturated rings. The van der Waals surface area contributed by atoms with Crippen LogP contribution in [-0.4, -0.2) is 35.8 Å². The second-order valence-electron chi connectivity index (χ2n) is 3.34. The Morgan fingerprint density at radius 1 is 1.59 bits per heavy atom. The first-order chi connectivity index (χ1) is 8.25. The van der Waals surface area contributed by atoms with E-state index in [1.807, 2.05) is 0 Å². The SMILES string of the molecule is C=CCCOCCNc1cnccc1C(=O)O. The maximum atomic E-state index is 10.9. The van der Waals surface area contributed by atoms with Gasteiger partial charge < -0.3 is 15.2 Å². The molecule has 0 radical (unpaired) electrons. The molecule has 0 saturated heterocycles. The van der Waals surface area contributed by atoms with Crippen molar-refractivity contribution in [2.45, 2.75) is 6.42 Å². The van der Waals surface area contributed by atoms with E-state index in [0.717, 1.165) is 6.42 Å². The van der Waals surface area contributed by atoms with E-state index < -0.39 is 5.97 Å². The molecule has 0 aromatic carbocycles. The lowest BCUT2D eigenvalue weighted by atomic mass is 10.2. The molecule has 1 aromatic heterocycles. The van der Waals surface area contributed by atoms with E-state index in [0.29, 0.717) is 25.4 Å². The summed E-state index contributed by atoms with van der Waals surface area (Å²) < 4.78 is 5.29. The van der Waals surface area contributed by atoms with Crippen LogP contribution in [0.3, 0.4) is 0 Å². The first kappa shape index (κ1) is 13.2. The summed E-state index contributed by atoms with van der Waals surface area (Å²) in [6.07, 6.45) is 5.55. The Labute approximate surface area is 100 Å². The summed E-state index contributed by atoms with van der Waals surface area (Å²) in [5.41, 5.74) is 0.721. The van der Waals surface area contributed by atoms with Crippen LogP contribution in [0.1, 0.15) is 16.8 Å². The van der Waals surface area contributed by atoms with Crippen LogP contribution in [0.5, 0.6) is 0 Å². The topological polar surface area (TPSA) is 71.5 Å². The van der Waals surface area contributed by atoms with Crippen molar-refractivity contribution in [2.24, 2.45) is 0 Å². The molecule has 1 heterocycles. The van der Waals surface area contributed by atoms with E-state index in [1.54, 1.807) is 6.08 Å². The molecule has 1 rings (SSSR count). The quantitative estimate of drug-likeness (QED) is 0.532. The van der Waals surface area contributed by atoms with Gasteiger partial charge in [-0.05, 0) is 12.5 Å². The molecule has 17 heavy (non-hydrogen) atoms. The fourth-order valence-corrected chi connectivity index (χ4v) is 1.25. The molecule has 0 bridgehead atoms. The van der Waals surface area contributed by atoms with E-state index in [2.05, 4.69) is 16.9 Å². The van der Waals surface area contributed by atoms with Gasteiger partial charge in [-0.3, -0.25) is 4.98 Å². The maximum Gasteiger partial charge on any atom is 0.337 e. The van der Waals surface area contributed by atoms with E-state index in [1.165, 1.54) is 18.5 Å². The predicted molar refractivity (Wildman–Crippen MR) is 65.3 cm³/mol. The minimum absolute atomic E-state index is 0.214. The lowest BCUT2D eigenvalue weighted by Crippen LogP contribution is -2.12. The van der Waals surface area contributed by atoms with Gasteiger partial charge in [0.25, 0.3) is 0 Å². The van der Waals surface area contributed by atoms with E-state index in [4.69, 9.17) is 9.84 Å². The van der Waals surface area contributed by atoms with Crippen molar-refractivity contribution in [3.05, 3.63) is 36.7 Å². The highest BCUT2D eigenvalue weighted by Crippen LogP contribution is 2.12. The summed E-state index contributed by atoms with van der Waals surface area (Å²) in [6, 6.07) is 1.46. The molecule has 0 aliphatic heterocycles. The summed E-state index contributed by atoms with van der Waals surface area (Å²) >= 11 is 0. The van der Waals surface area contributed by atoms with Gasteiger partial charge in [0.2, 0.25) is 0 Å². The van der Waals surface area contributed by atoms with Crippen molar-refractivity contribution >= 4 is 11.7 Å². The van der Waals surface area contributed by atoms with Crippen molar-refractivity contribution in [1.82, 2.24) is 4.98 Å². The number of ether oxygens (including phenoxy) is 1. The number of aromatic nitrogens is 1. The number of hydrogen-bond donors (Lipinski definition) is 2. The molecule has 0 aliphatic carbocycles. The van der Waals surface area contributed by atoms with Gasteiger partial charge in [-0.15, -0.1) is 6.58 Å². The summed E-state index contributed by atoms with van der Waals surface area (Å²) in [6.45, 7) is 5.28. The van der Waals surface area contributed by atoms with Crippen LogP contribution in [0.4, 0.5) is 5.69 Å². The highest BCUT2D eigenvalue weighted by Gasteiger charge is 2.08. The summed E-state index contributed by atoms with van der Waals surface area (Å²) in [5.74, 6) is -0.970. The molecule has 0 atom stereocenters. The van der Waals surface area contributed by atoms with Crippen molar-refractivity contribution in [2.75, 3.05) is 25.1 Å². The summed E-state index contributed by atoms with van der Waals surface area (Å²) in [4.78, 5) is 14.8. The third-order valence-corrected chi connectivity index (χ3v) is 2.08. The van der Waals surface area contributed by atoms with E-state index in [9.17, 15) is 4.79 Å². The summed E-state index contributed by atoms with van der Waals surface area (Å²) in [5, 5.41) is 11.9. The fraction of sp³-hybridized carbons (Fsp3) is 0.333. The van der Waals surface area contributed by atoms with Crippen LogP contribution in [0.15, 0.2) is 31.1 Å². The second kappa shape index (κ2) is 7.40. The minimum atomic E-state index is -0.970. The molecule has 92 valence electrons. The molecule has 0 aliphatic rings. The number of anilines is 1. The zero-order chi connectivity index (χ0) is 12.5. The molecular weight excluding hydrogens is 220 g/mol. The first-order valence-electron chi connectivity index (χ1n) is 5.35. The van der Waals surface area contributed by atoms with Crippen LogP contribution in [0, 0.1) is 0 Å². The molecular formula is C12H16N2O3. The molecule has 0 saturated carbocycles. The van der Waals surface area contributed by atoms with Crippen LogP contribution >= 0.6 is 0 Å². The molecule has 0 unspecified atom stereocenters. The average molecular weight is 236 g/mol. The highest BCUT2D eigenvalue weighted by molar-refractivity contribution is 5.93. The molecule has 1 aromatic rings. The van der Waals surface area contributed by atoms with Crippen LogP contribution < -0.4 is 5.32 Å². The number of carboxylic acids is 1. The average Bonchev–Trinajstić information content (AvgIpc) is 2.34. The molecule has 5 heteroatoms. The van der Waals surface area contributed by atoms with Gasteiger partial charge >= 0.3 is 5.97 Å². The highest BCUT2D eigenvalue weighted by atomic mass is 16.5. The maximum absolute atomic E-state index is 10.9. The lowest BCUT2D eigenvalue weighted by Gasteiger charge is -2.08. The zero-order valence-electron chi connectivity index (χ0n) is 9.56. The Hall–Kier alpha value is -1.88. The number of carbonyl (C=O) groups is 1. The monoisotopic (exact) mass is 236 g/mol. The second-order valence-corrected chi connectivity index (χ2v) is 3.34. The number of nitrogens with zero attached hydrogens (tertiary/aromatic N) is 1. The van der Waals surface area contributed by atoms with Crippen LogP contribution in [0.25, 0.3) is 0 Å². The number of carboxylic acid groups (broad SMARTS) is 1. The normalized spacial score (nSPS) is 9.88. The molecule has 5 nitrogen and oxygen atoms in total. The van der Waals surface area contributed by atoms with Crippen LogP contribution in [-0.2, 0) is 4.74 Å². The van der Waals surface area contributed by atoms with Crippen LogP contribution in [0.2, 0.25) is 0 Å². The third kappa shape index (κ3) is 4.65. The van der Waals surface area contributed by atoms with Gasteiger partial charge in [-0.25, -0.2) is 4.79 Å². The number of nitrogens with one attached hydrogen (secondary N) is 1. The predicted octanol–water partition coefficient (Wildman–Crippen LogP) is 1.78. The number of rotatable bonds is 8. The summed E-state index contributed by atoms with van der Waals surface area (Å²) in [7, 11) is 0. The van der Waals surface area contributed by atoms with E-state index >= 15 is 0 Å². The van der Waals surface area contributed by atoms with Crippen molar-refractivity contribution in [1.29, 1.82) is 0 Å². The van der Waals surface area contributed by atoms with Gasteiger partial charge in [0.15, 0.2) is 0 Å². The third-order valence-electron chi connectivity index (χ3n) is 2.08. The standard InChI is InChI=1S/C12H16N2O3/c1-2-3-7-17-8-6-14-11-9-13-5-4-10(11)12(15)16/h2,4-5,9,14H,1,3,6-8H2,(H,15,16). The largest absolute Gasteiger partial charge is 0.478 e. The number of aromatic carboxylic acids is 1. The number of pyridine rings is 1. The van der Waals surface area contributed by atoms with Gasteiger partial charge in [0.1, 0.15) is 0 Å². The van der Waals surface area contributed by atoms with Gasteiger partial charge in [-0.1, -0.05) is 6.08 Å². The molecule has 2 N–H and O–H groups in total. The molecule has 0 amide bonds. The number of hydrogen-bond acceptors (Lipinski definition) is 4. The van der Waals surface area contributed by atoms with E-state index in [-0.39, 0.29) is 5.56 Å². The Balaban J connectivity index is 2.36. The Bertz CT molecular complexity index is 380. The minimum Gasteiger partial charge on any atom is -0.478 e. The molecule has 0 spiro atoms. The first-order valence-corrected chi connectivity index (χ1v) is 5.35. The zero-order valence-corrected chi connectivity index (χ0v) is 9.56. The van der Waals surface area contributed by atoms with Crippen molar-refractivity contribution in [3.8, 4) is 0 Å². The Kier molecular flexibility index (Phi) is 5.74. The van der Waals surface area contributed by atoms with Gasteiger partial charge in [0.05, 0.1) is 30.7 Å². The smallest absolute Gasteiger partial charge is 0.337 e. The fourth-order valence-electron chi connectivity index (χ4n) is 1.25.